The van der Waals surface area contributed by atoms with Crippen molar-refractivity contribution in [3.63, 3.8) is 0 Å². The topological polar surface area (TPSA) is 98.8 Å². The summed E-state index contributed by atoms with van der Waals surface area (Å²) in [6.45, 7) is 2.00. The van der Waals surface area contributed by atoms with Gasteiger partial charge in [-0.2, -0.15) is 0 Å². The Hall–Kier alpha value is -1.84. The SMILES string of the molecule is COC(=O)c1sccc1S(=O)(=O)Cc1cccc(C2(C)CCSC(N)=N2)c1. The van der Waals surface area contributed by atoms with Gasteiger partial charge in [0.15, 0.2) is 15.0 Å². The summed E-state index contributed by atoms with van der Waals surface area (Å²) in [5, 5.41) is 2.12. The number of hydrogen-bond acceptors (Lipinski definition) is 8. The second-order valence-corrected chi connectivity index (χ2v) is 10.4. The number of aliphatic imine (C=N–C) groups is 1. The van der Waals surface area contributed by atoms with Crippen LogP contribution in [0.3, 0.4) is 0 Å². The largest absolute Gasteiger partial charge is 0.465 e. The molecule has 27 heavy (non-hydrogen) atoms. The molecule has 1 aromatic carbocycles. The molecule has 6 nitrogen and oxygen atoms in total. The first-order valence-corrected chi connectivity index (χ1v) is 11.7. The van der Waals surface area contributed by atoms with Gasteiger partial charge in [-0.3, -0.25) is 4.99 Å². The number of benzene rings is 1. The lowest BCUT2D eigenvalue weighted by Gasteiger charge is -2.30. The fraction of sp³-hybridized carbons (Fsp3) is 0.333. The average Bonchev–Trinajstić information content (AvgIpc) is 3.11. The van der Waals surface area contributed by atoms with E-state index in [9.17, 15) is 13.2 Å². The fourth-order valence-corrected chi connectivity index (χ4v) is 6.68. The van der Waals surface area contributed by atoms with E-state index in [1.807, 2.05) is 25.1 Å². The first-order chi connectivity index (χ1) is 12.7. The molecule has 144 valence electrons. The van der Waals surface area contributed by atoms with Crippen molar-refractivity contribution >= 4 is 44.1 Å². The van der Waals surface area contributed by atoms with Crippen molar-refractivity contribution in [2.75, 3.05) is 12.9 Å². The highest BCUT2D eigenvalue weighted by molar-refractivity contribution is 8.13. The normalized spacial score (nSPS) is 20.1. The van der Waals surface area contributed by atoms with Gasteiger partial charge in [-0.05, 0) is 35.9 Å². The van der Waals surface area contributed by atoms with Crippen LogP contribution < -0.4 is 5.73 Å². The smallest absolute Gasteiger partial charge is 0.349 e. The van der Waals surface area contributed by atoms with Crippen molar-refractivity contribution in [3.8, 4) is 0 Å². The number of nitrogens with zero attached hydrogens (tertiary/aromatic N) is 1. The van der Waals surface area contributed by atoms with Crippen LogP contribution in [0.1, 0.15) is 34.1 Å². The first-order valence-electron chi connectivity index (χ1n) is 8.21. The number of rotatable bonds is 5. The molecule has 0 saturated carbocycles. The van der Waals surface area contributed by atoms with Crippen LogP contribution in [0, 0.1) is 0 Å². The summed E-state index contributed by atoms with van der Waals surface area (Å²) in [7, 11) is -2.46. The molecule has 0 bridgehead atoms. The van der Waals surface area contributed by atoms with Crippen molar-refractivity contribution in [1.29, 1.82) is 0 Å². The number of carbonyl (C=O) groups is 1. The third-order valence-corrected chi connectivity index (χ3v) is 7.98. The van der Waals surface area contributed by atoms with Crippen LogP contribution in [0.2, 0.25) is 0 Å². The molecule has 2 aromatic rings. The van der Waals surface area contributed by atoms with Crippen LogP contribution in [-0.4, -0.2) is 32.4 Å². The third-order valence-electron chi connectivity index (χ3n) is 4.44. The molecule has 1 aromatic heterocycles. The highest BCUT2D eigenvalue weighted by Gasteiger charge is 2.30. The summed E-state index contributed by atoms with van der Waals surface area (Å²) < 4.78 is 30.4. The number of carbonyl (C=O) groups excluding carboxylic acids is 1. The Morgan fingerprint density at radius 2 is 2.15 bits per heavy atom. The van der Waals surface area contributed by atoms with Crippen LogP contribution in [-0.2, 0) is 25.9 Å². The molecular formula is C18H20N2O4S3. The summed E-state index contributed by atoms with van der Waals surface area (Å²) >= 11 is 2.58. The van der Waals surface area contributed by atoms with Gasteiger partial charge < -0.3 is 10.5 Å². The Kier molecular flexibility index (Phi) is 5.64. The molecule has 0 spiro atoms. The summed E-state index contributed by atoms with van der Waals surface area (Å²) in [5.74, 6) is 0.0199. The number of thioether (sulfide) groups is 1. The minimum Gasteiger partial charge on any atom is -0.465 e. The van der Waals surface area contributed by atoms with Gasteiger partial charge in [0.25, 0.3) is 0 Å². The maximum atomic E-state index is 12.9. The predicted octanol–water partition coefficient (Wildman–Crippen LogP) is 3.18. The van der Waals surface area contributed by atoms with Crippen LogP contribution in [0.25, 0.3) is 0 Å². The molecule has 1 unspecified atom stereocenters. The second-order valence-electron chi connectivity index (χ2n) is 6.39. The lowest BCUT2D eigenvalue weighted by atomic mass is 9.89. The van der Waals surface area contributed by atoms with Gasteiger partial charge >= 0.3 is 5.97 Å². The molecular weight excluding hydrogens is 404 g/mol. The second kappa shape index (κ2) is 7.65. The molecule has 0 saturated heterocycles. The number of nitrogens with two attached hydrogens (primary N) is 1. The predicted molar refractivity (Wildman–Crippen MR) is 109 cm³/mol. The molecule has 1 aliphatic rings. The van der Waals surface area contributed by atoms with Crippen LogP contribution in [0.5, 0.6) is 0 Å². The maximum absolute atomic E-state index is 12.9. The van der Waals surface area contributed by atoms with Gasteiger partial charge in [-0.15, -0.1) is 11.3 Å². The van der Waals surface area contributed by atoms with Crippen molar-refractivity contribution in [1.82, 2.24) is 0 Å². The summed E-state index contributed by atoms with van der Waals surface area (Å²) in [5.41, 5.74) is 6.99. The fourth-order valence-electron chi connectivity index (χ4n) is 2.97. The van der Waals surface area contributed by atoms with Gasteiger partial charge in [-0.25, -0.2) is 13.2 Å². The zero-order valence-corrected chi connectivity index (χ0v) is 17.4. The van der Waals surface area contributed by atoms with E-state index in [1.54, 1.807) is 11.4 Å². The van der Waals surface area contributed by atoms with E-state index < -0.39 is 21.3 Å². The Morgan fingerprint density at radius 1 is 1.37 bits per heavy atom. The summed E-state index contributed by atoms with van der Waals surface area (Å²) in [4.78, 5) is 16.5. The first kappa shape index (κ1) is 19.9. The zero-order valence-electron chi connectivity index (χ0n) is 15.0. The lowest BCUT2D eigenvalue weighted by Crippen LogP contribution is -2.28. The number of sulfone groups is 1. The third kappa shape index (κ3) is 4.20. The molecule has 1 aliphatic heterocycles. The molecule has 2 N–H and O–H groups in total. The minimum atomic E-state index is -3.69. The molecule has 0 aliphatic carbocycles. The van der Waals surface area contributed by atoms with E-state index in [2.05, 4.69) is 9.73 Å². The maximum Gasteiger partial charge on any atom is 0.349 e. The van der Waals surface area contributed by atoms with Gasteiger partial charge in [-0.1, -0.05) is 36.0 Å². The quantitative estimate of drug-likeness (QED) is 0.740. The zero-order chi connectivity index (χ0) is 19.7. The monoisotopic (exact) mass is 424 g/mol. The number of ether oxygens (including phenoxy) is 1. The summed E-state index contributed by atoms with van der Waals surface area (Å²) in [6, 6.07) is 8.83. The number of esters is 1. The minimum absolute atomic E-state index is 0.00676. The standard InChI is InChI=1S/C18H20N2O4S3/c1-18(7-9-26-17(19)20-18)13-5-3-4-12(10-13)11-27(22,23)14-6-8-25-15(14)16(21)24-2/h3-6,8,10H,7,9,11H2,1-2H3,(H2,19,20). The lowest BCUT2D eigenvalue weighted by molar-refractivity contribution is 0.0602. The van der Waals surface area contributed by atoms with Crippen molar-refractivity contribution < 1.29 is 17.9 Å². The van der Waals surface area contributed by atoms with E-state index >= 15 is 0 Å². The molecule has 0 fully saturated rings. The van der Waals surface area contributed by atoms with Crippen molar-refractivity contribution in [2.45, 2.75) is 29.5 Å². The Balaban J connectivity index is 1.92. The van der Waals surface area contributed by atoms with Crippen LogP contribution in [0.15, 0.2) is 45.6 Å². The van der Waals surface area contributed by atoms with Gasteiger partial charge in [0.1, 0.15) is 4.88 Å². The number of thiophene rings is 1. The van der Waals surface area contributed by atoms with Gasteiger partial charge in [0.05, 0.1) is 23.3 Å². The van der Waals surface area contributed by atoms with Gasteiger partial charge in [0, 0.05) is 5.75 Å². The van der Waals surface area contributed by atoms with Gasteiger partial charge in [0.2, 0.25) is 0 Å². The highest BCUT2D eigenvalue weighted by atomic mass is 32.2. The molecule has 3 rings (SSSR count). The molecule has 1 atom stereocenters. The molecule has 0 radical (unpaired) electrons. The highest BCUT2D eigenvalue weighted by Crippen LogP contribution is 2.35. The number of methoxy groups -OCH3 is 1. The Morgan fingerprint density at radius 3 is 2.85 bits per heavy atom. The van der Waals surface area contributed by atoms with E-state index in [0.717, 1.165) is 29.1 Å². The van der Waals surface area contributed by atoms with Crippen LogP contribution >= 0.6 is 23.1 Å². The van der Waals surface area contributed by atoms with Crippen molar-refractivity contribution in [3.05, 3.63) is 51.7 Å². The summed E-state index contributed by atoms with van der Waals surface area (Å²) in [6.07, 6.45) is 0.825. The Bertz CT molecular complexity index is 998. The average molecular weight is 425 g/mol. The van der Waals surface area contributed by atoms with E-state index in [-0.39, 0.29) is 15.5 Å². The van der Waals surface area contributed by atoms with E-state index in [1.165, 1.54) is 24.9 Å². The number of hydrogen-bond donors (Lipinski definition) is 1. The number of amidine groups is 1. The Labute approximate surface area is 166 Å². The van der Waals surface area contributed by atoms with Crippen LogP contribution in [0.4, 0.5) is 0 Å². The van der Waals surface area contributed by atoms with E-state index in [4.69, 9.17) is 5.73 Å². The molecule has 9 heteroatoms. The van der Waals surface area contributed by atoms with Crippen molar-refractivity contribution in [2.24, 2.45) is 10.7 Å². The molecule has 0 amide bonds. The van der Waals surface area contributed by atoms with E-state index in [0.29, 0.717) is 10.7 Å². The molecule has 2 heterocycles.